The van der Waals surface area contributed by atoms with Gasteiger partial charge in [0.25, 0.3) is 0 Å². The lowest BCUT2D eigenvalue weighted by Crippen LogP contribution is -2.54. The van der Waals surface area contributed by atoms with Gasteiger partial charge < -0.3 is 14.4 Å². The van der Waals surface area contributed by atoms with Crippen LogP contribution < -0.4 is 0 Å². The molecule has 31 heavy (non-hydrogen) atoms. The predicted molar refractivity (Wildman–Crippen MR) is 121 cm³/mol. The molecule has 6 nitrogen and oxygen atoms in total. The van der Waals surface area contributed by atoms with Crippen LogP contribution in [0.3, 0.4) is 0 Å². The first-order chi connectivity index (χ1) is 14.7. The molecule has 0 aliphatic heterocycles. The molecular formula is C25H40N2O4. The van der Waals surface area contributed by atoms with Crippen molar-refractivity contribution in [2.75, 3.05) is 14.2 Å². The Hall–Kier alpha value is -1.59. The van der Waals surface area contributed by atoms with Crippen molar-refractivity contribution in [2.45, 2.75) is 85.2 Å². The quantitative estimate of drug-likeness (QED) is 0.347. The number of carbonyl (C=O) groups excluding carboxylic acids is 1. The van der Waals surface area contributed by atoms with Crippen molar-refractivity contribution >= 4 is 17.4 Å². The number of fused-ring (bicyclic) bond motifs is 5. The van der Waals surface area contributed by atoms with E-state index in [2.05, 4.69) is 31.1 Å². The molecule has 4 rings (SSSR count). The van der Waals surface area contributed by atoms with E-state index in [1.54, 1.807) is 14.2 Å². The Bertz CT molecular complexity index is 765. The summed E-state index contributed by atoms with van der Waals surface area (Å²) in [5.74, 6) is 2.79. The number of oxime groups is 2. The molecule has 0 unspecified atom stereocenters. The number of rotatable bonds is 4. The second-order valence-electron chi connectivity index (χ2n) is 11.0. The van der Waals surface area contributed by atoms with Crippen LogP contribution in [0.25, 0.3) is 0 Å². The van der Waals surface area contributed by atoms with E-state index in [1.165, 1.54) is 39.0 Å². The first-order valence-electron chi connectivity index (χ1n) is 12.1. The fourth-order valence-electron chi connectivity index (χ4n) is 8.50. The first kappa shape index (κ1) is 22.6. The second kappa shape index (κ2) is 8.40. The monoisotopic (exact) mass is 432 g/mol. The molecular weight excluding hydrogens is 392 g/mol. The Labute approximate surface area is 187 Å². The zero-order valence-electron chi connectivity index (χ0n) is 20.1. The van der Waals surface area contributed by atoms with Gasteiger partial charge in [-0.25, -0.2) is 0 Å². The standard InChI is InChI=1S/C25H40N2O4/c1-15(26-29-5)23-22(27-30-6)14-21-19-8-7-17-13-18(31-16(2)28)9-11-24(17,3)20(19)10-12-25(21,23)4/h17-21,23H,7-14H2,1-6H3/b26-15-,27-22-/t17-,18+,19+,20-,21-,23-,24-,25-/m0/s1. The lowest BCUT2D eigenvalue weighted by Gasteiger charge is -2.60. The molecule has 174 valence electrons. The number of carbonyl (C=O) groups is 1. The van der Waals surface area contributed by atoms with Crippen LogP contribution in [0.1, 0.15) is 79.1 Å². The molecule has 0 saturated heterocycles. The SMILES string of the molecule is CO/N=C(/C)[C@H]1/C(=N\OC)C[C@H]2[C@@H]3CC[C@H]4C[C@H](OC(C)=O)CC[C@]4(C)[C@H]3CC[C@]12C. The molecule has 6 heteroatoms. The van der Waals surface area contributed by atoms with Crippen LogP contribution in [-0.2, 0) is 19.2 Å². The molecule has 0 aromatic rings. The van der Waals surface area contributed by atoms with Gasteiger partial charge in [-0.1, -0.05) is 24.2 Å². The minimum absolute atomic E-state index is 0.116. The topological polar surface area (TPSA) is 69.5 Å². The molecule has 0 radical (unpaired) electrons. The van der Waals surface area contributed by atoms with Crippen LogP contribution in [-0.4, -0.2) is 37.7 Å². The van der Waals surface area contributed by atoms with E-state index >= 15 is 0 Å². The zero-order chi connectivity index (χ0) is 22.4. The maximum atomic E-state index is 11.5. The summed E-state index contributed by atoms with van der Waals surface area (Å²) in [6.45, 7) is 8.61. The van der Waals surface area contributed by atoms with Crippen LogP contribution in [0.5, 0.6) is 0 Å². The molecule has 4 aliphatic carbocycles. The van der Waals surface area contributed by atoms with Crippen molar-refractivity contribution < 1.29 is 19.2 Å². The smallest absolute Gasteiger partial charge is 0.302 e. The Morgan fingerprint density at radius 2 is 1.71 bits per heavy atom. The van der Waals surface area contributed by atoms with E-state index in [0.29, 0.717) is 23.2 Å². The lowest BCUT2D eigenvalue weighted by atomic mass is 9.44. The van der Waals surface area contributed by atoms with Gasteiger partial charge in [0.1, 0.15) is 20.3 Å². The van der Waals surface area contributed by atoms with E-state index in [1.807, 2.05) is 0 Å². The molecule has 4 saturated carbocycles. The van der Waals surface area contributed by atoms with Gasteiger partial charge in [0.2, 0.25) is 0 Å². The third-order valence-electron chi connectivity index (χ3n) is 9.67. The van der Waals surface area contributed by atoms with Crippen molar-refractivity contribution in [3.05, 3.63) is 0 Å². The third kappa shape index (κ3) is 3.68. The van der Waals surface area contributed by atoms with Crippen molar-refractivity contribution in [3.8, 4) is 0 Å². The highest BCUT2D eigenvalue weighted by Gasteiger charge is 2.62. The Kier molecular flexibility index (Phi) is 6.12. The van der Waals surface area contributed by atoms with E-state index in [4.69, 9.17) is 14.4 Å². The molecule has 8 atom stereocenters. The summed E-state index contributed by atoms with van der Waals surface area (Å²) in [6, 6.07) is 0. The fourth-order valence-corrected chi connectivity index (χ4v) is 8.50. The zero-order valence-corrected chi connectivity index (χ0v) is 20.1. The predicted octanol–water partition coefficient (Wildman–Crippen LogP) is 5.21. The second-order valence-corrected chi connectivity index (χ2v) is 11.0. The summed E-state index contributed by atoms with van der Waals surface area (Å²) < 4.78 is 5.62. The molecule has 4 fully saturated rings. The van der Waals surface area contributed by atoms with Gasteiger partial charge in [0, 0.05) is 12.8 Å². The van der Waals surface area contributed by atoms with Gasteiger partial charge in [-0.15, -0.1) is 0 Å². The van der Waals surface area contributed by atoms with Gasteiger partial charge in [-0.2, -0.15) is 0 Å². The highest BCUT2D eigenvalue weighted by atomic mass is 16.6. The molecule has 4 aliphatic rings. The Morgan fingerprint density at radius 3 is 2.39 bits per heavy atom. The maximum absolute atomic E-state index is 11.5. The van der Waals surface area contributed by atoms with Crippen LogP contribution in [0.15, 0.2) is 10.3 Å². The maximum Gasteiger partial charge on any atom is 0.302 e. The molecule has 0 spiro atoms. The van der Waals surface area contributed by atoms with Crippen molar-refractivity contribution in [2.24, 2.45) is 50.7 Å². The summed E-state index contributed by atoms with van der Waals surface area (Å²) in [7, 11) is 3.27. The van der Waals surface area contributed by atoms with Crippen molar-refractivity contribution in [1.29, 1.82) is 0 Å². The molecule has 0 heterocycles. The van der Waals surface area contributed by atoms with Crippen LogP contribution in [0.4, 0.5) is 0 Å². The number of nitrogens with zero attached hydrogens (tertiary/aromatic N) is 2. The summed E-state index contributed by atoms with van der Waals surface area (Å²) in [6.07, 6.45) is 9.32. The number of ether oxygens (including phenoxy) is 1. The van der Waals surface area contributed by atoms with Crippen LogP contribution in [0.2, 0.25) is 0 Å². The van der Waals surface area contributed by atoms with E-state index in [0.717, 1.165) is 36.6 Å². The minimum Gasteiger partial charge on any atom is -0.463 e. The van der Waals surface area contributed by atoms with Crippen LogP contribution in [0, 0.1) is 40.4 Å². The molecule has 0 aromatic heterocycles. The summed E-state index contributed by atoms with van der Waals surface area (Å²) >= 11 is 0. The molecule has 0 amide bonds. The number of esters is 1. The van der Waals surface area contributed by atoms with Gasteiger partial charge in [0.05, 0.1) is 11.4 Å². The van der Waals surface area contributed by atoms with Gasteiger partial charge in [-0.05, 0) is 92.8 Å². The van der Waals surface area contributed by atoms with Gasteiger partial charge >= 0.3 is 5.97 Å². The summed E-state index contributed by atoms with van der Waals surface area (Å²) in [4.78, 5) is 21.9. The highest BCUT2D eigenvalue weighted by Crippen LogP contribution is 2.67. The van der Waals surface area contributed by atoms with Crippen molar-refractivity contribution in [3.63, 3.8) is 0 Å². The van der Waals surface area contributed by atoms with Gasteiger partial charge in [0.15, 0.2) is 0 Å². The minimum atomic E-state index is -0.134. The lowest BCUT2D eigenvalue weighted by molar-refractivity contribution is -0.159. The van der Waals surface area contributed by atoms with E-state index in [-0.39, 0.29) is 23.4 Å². The fraction of sp³-hybridized carbons (Fsp3) is 0.880. The highest BCUT2D eigenvalue weighted by molar-refractivity contribution is 6.08. The van der Waals surface area contributed by atoms with Gasteiger partial charge in [-0.3, -0.25) is 4.79 Å². The molecule has 0 aromatic carbocycles. The average molecular weight is 433 g/mol. The number of hydrogen-bond acceptors (Lipinski definition) is 6. The third-order valence-corrected chi connectivity index (χ3v) is 9.67. The summed E-state index contributed by atoms with van der Waals surface area (Å²) in [5, 5.41) is 8.81. The largest absolute Gasteiger partial charge is 0.463 e. The number of hydrogen-bond donors (Lipinski definition) is 0. The average Bonchev–Trinajstić information content (AvgIpc) is 3.00. The first-order valence-corrected chi connectivity index (χ1v) is 12.1. The normalized spacial score (nSPS) is 46.0. The Balaban J connectivity index is 1.60. The van der Waals surface area contributed by atoms with E-state index < -0.39 is 0 Å². The summed E-state index contributed by atoms with van der Waals surface area (Å²) in [5.41, 5.74) is 2.67. The molecule has 0 bridgehead atoms. The van der Waals surface area contributed by atoms with Crippen LogP contribution >= 0.6 is 0 Å². The molecule has 0 N–H and O–H groups in total. The van der Waals surface area contributed by atoms with Crippen molar-refractivity contribution in [1.82, 2.24) is 0 Å². The van der Waals surface area contributed by atoms with E-state index in [9.17, 15) is 4.79 Å². The Morgan fingerprint density at radius 1 is 0.968 bits per heavy atom.